The van der Waals surface area contributed by atoms with Crippen LogP contribution < -0.4 is 14.4 Å². The predicted molar refractivity (Wildman–Crippen MR) is 110 cm³/mol. The normalized spacial score (nSPS) is 16.3. The van der Waals surface area contributed by atoms with Crippen molar-refractivity contribution in [1.29, 1.82) is 0 Å². The highest BCUT2D eigenvalue weighted by atomic mass is 32.1. The molecule has 1 amide bonds. The lowest BCUT2D eigenvalue weighted by molar-refractivity contribution is 0.0917. The van der Waals surface area contributed by atoms with Gasteiger partial charge in [-0.2, -0.15) is 0 Å². The van der Waals surface area contributed by atoms with Crippen LogP contribution in [0.4, 0.5) is 5.13 Å². The number of nitrogens with zero attached hydrogens (tertiary/aromatic N) is 2. The fourth-order valence-electron chi connectivity index (χ4n) is 3.34. The Labute approximate surface area is 167 Å². The molecule has 1 aliphatic rings. The zero-order valence-electron chi connectivity index (χ0n) is 15.9. The molecule has 0 spiro atoms. The Hall–Kier alpha value is -2.64. The maximum Gasteiger partial charge on any atom is 0.260 e. The van der Waals surface area contributed by atoms with Gasteiger partial charge in [0.1, 0.15) is 0 Å². The van der Waals surface area contributed by atoms with Crippen LogP contribution in [-0.4, -0.2) is 44.4 Å². The Kier molecular flexibility index (Phi) is 5.45. The lowest BCUT2D eigenvalue weighted by atomic mass is 10.1. The zero-order valence-corrected chi connectivity index (χ0v) is 16.7. The van der Waals surface area contributed by atoms with Crippen molar-refractivity contribution in [3.8, 4) is 11.5 Å². The summed E-state index contributed by atoms with van der Waals surface area (Å²) in [6.45, 7) is 1.22. The first kappa shape index (κ1) is 18.7. The van der Waals surface area contributed by atoms with Gasteiger partial charge in [0.05, 0.1) is 37.1 Å². The summed E-state index contributed by atoms with van der Waals surface area (Å²) in [5, 5.41) is 0.677. The molecule has 3 aromatic rings. The Morgan fingerprint density at radius 3 is 2.75 bits per heavy atom. The van der Waals surface area contributed by atoms with Crippen molar-refractivity contribution >= 4 is 32.6 Å². The van der Waals surface area contributed by atoms with Crippen LogP contribution in [0.5, 0.6) is 11.5 Å². The largest absolute Gasteiger partial charge is 0.493 e. The molecule has 2 aromatic carbocycles. The van der Waals surface area contributed by atoms with E-state index in [2.05, 4.69) is 0 Å². The van der Waals surface area contributed by atoms with Gasteiger partial charge in [0.25, 0.3) is 5.91 Å². The van der Waals surface area contributed by atoms with Crippen molar-refractivity contribution in [3.05, 3.63) is 48.0 Å². The van der Waals surface area contributed by atoms with Gasteiger partial charge in [0.2, 0.25) is 0 Å². The molecule has 1 unspecified atom stereocenters. The van der Waals surface area contributed by atoms with Gasteiger partial charge >= 0.3 is 0 Å². The van der Waals surface area contributed by atoms with Crippen LogP contribution in [0.1, 0.15) is 23.2 Å². The third kappa shape index (κ3) is 3.68. The molecule has 6 nitrogen and oxygen atoms in total. The monoisotopic (exact) mass is 398 g/mol. The fourth-order valence-corrected chi connectivity index (χ4v) is 4.31. The summed E-state index contributed by atoms with van der Waals surface area (Å²) in [6, 6.07) is 13.1. The van der Waals surface area contributed by atoms with E-state index in [0.717, 1.165) is 29.7 Å². The van der Waals surface area contributed by atoms with Crippen LogP contribution in [0.15, 0.2) is 42.5 Å². The van der Waals surface area contributed by atoms with Crippen molar-refractivity contribution in [1.82, 2.24) is 4.98 Å². The number of ether oxygens (including phenoxy) is 3. The maximum atomic E-state index is 13.4. The number of anilines is 1. The van der Waals surface area contributed by atoms with E-state index in [4.69, 9.17) is 19.2 Å². The van der Waals surface area contributed by atoms with Gasteiger partial charge < -0.3 is 14.2 Å². The summed E-state index contributed by atoms with van der Waals surface area (Å²) >= 11 is 1.51. The number of methoxy groups -OCH3 is 2. The van der Waals surface area contributed by atoms with Gasteiger partial charge in [0.15, 0.2) is 16.6 Å². The van der Waals surface area contributed by atoms with Crippen LogP contribution in [0.2, 0.25) is 0 Å². The highest BCUT2D eigenvalue weighted by Crippen LogP contribution is 2.32. The van der Waals surface area contributed by atoms with Crippen LogP contribution in [0.3, 0.4) is 0 Å². The second kappa shape index (κ2) is 8.16. The number of hydrogen-bond donors (Lipinski definition) is 0. The second-order valence-electron chi connectivity index (χ2n) is 6.58. The Balaban J connectivity index is 1.70. The Morgan fingerprint density at radius 1 is 1.21 bits per heavy atom. The topological polar surface area (TPSA) is 60.9 Å². The van der Waals surface area contributed by atoms with E-state index in [1.54, 1.807) is 37.3 Å². The summed E-state index contributed by atoms with van der Waals surface area (Å²) in [7, 11) is 3.13. The number of hydrogen-bond acceptors (Lipinski definition) is 6. The number of amides is 1. The third-order valence-electron chi connectivity index (χ3n) is 4.80. The molecule has 7 heteroatoms. The van der Waals surface area contributed by atoms with E-state index in [-0.39, 0.29) is 12.0 Å². The number of thiazole rings is 1. The molecule has 2 heterocycles. The first-order valence-electron chi connectivity index (χ1n) is 9.20. The Bertz CT molecular complexity index is 948. The lowest BCUT2D eigenvalue weighted by Gasteiger charge is -2.23. The van der Waals surface area contributed by atoms with E-state index in [0.29, 0.717) is 28.7 Å². The van der Waals surface area contributed by atoms with E-state index in [1.807, 2.05) is 24.3 Å². The minimum Gasteiger partial charge on any atom is -0.493 e. The van der Waals surface area contributed by atoms with Crippen LogP contribution in [-0.2, 0) is 4.74 Å². The summed E-state index contributed by atoms with van der Waals surface area (Å²) in [5.41, 5.74) is 1.41. The molecule has 1 fully saturated rings. The van der Waals surface area contributed by atoms with Crippen LogP contribution >= 0.6 is 11.3 Å². The van der Waals surface area contributed by atoms with Crippen molar-refractivity contribution in [2.24, 2.45) is 0 Å². The molecule has 0 N–H and O–H groups in total. The SMILES string of the molecule is COc1ccc(C(=O)N(CC2CCCO2)c2nc3ccccc3s2)cc1OC. The molecule has 1 aliphatic heterocycles. The van der Waals surface area contributed by atoms with Gasteiger partial charge in [-0.05, 0) is 43.2 Å². The minimum absolute atomic E-state index is 0.0242. The average Bonchev–Trinajstić information content (AvgIpc) is 3.40. The van der Waals surface area contributed by atoms with Gasteiger partial charge in [-0.3, -0.25) is 9.69 Å². The molecule has 146 valence electrons. The summed E-state index contributed by atoms with van der Waals surface area (Å²) < 4.78 is 17.5. The molecule has 1 saturated heterocycles. The van der Waals surface area contributed by atoms with Gasteiger partial charge in [0, 0.05) is 12.2 Å². The smallest absolute Gasteiger partial charge is 0.260 e. The molecule has 0 radical (unpaired) electrons. The molecule has 28 heavy (non-hydrogen) atoms. The summed E-state index contributed by atoms with van der Waals surface area (Å²) in [5.74, 6) is 0.981. The Morgan fingerprint density at radius 2 is 2.04 bits per heavy atom. The number of benzene rings is 2. The minimum atomic E-state index is -0.129. The second-order valence-corrected chi connectivity index (χ2v) is 7.59. The molecule has 0 bridgehead atoms. The predicted octanol–water partition coefficient (Wildman–Crippen LogP) is 4.14. The van der Waals surface area contributed by atoms with E-state index < -0.39 is 0 Å². The number of aromatic nitrogens is 1. The molecule has 4 rings (SSSR count). The lowest BCUT2D eigenvalue weighted by Crippen LogP contribution is -2.37. The van der Waals surface area contributed by atoms with Crippen LogP contribution in [0, 0.1) is 0 Å². The number of fused-ring (bicyclic) bond motifs is 1. The van der Waals surface area contributed by atoms with E-state index >= 15 is 0 Å². The number of carbonyl (C=O) groups is 1. The maximum absolute atomic E-state index is 13.4. The molecular formula is C21H22N2O4S. The van der Waals surface area contributed by atoms with Gasteiger partial charge in [-0.25, -0.2) is 4.98 Å². The number of rotatable bonds is 6. The average molecular weight is 398 g/mol. The van der Waals surface area contributed by atoms with E-state index in [9.17, 15) is 4.79 Å². The van der Waals surface area contributed by atoms with Crippen molar-refractivity contribution < 1.29 is 19.0 Å². The first-order valence-corrected chi connectivity index (χ1v) is 10.0. The molecule has 0 saturated carbocycles. The zero-order chi connectivity index (χ0) is 19.5. The highest BCUT2D eigenvalue weighted by Gasteiger charge is 2.27. The van der Waals surface area contributed by atoms with E-state index in [1.165, 1.54) is 11.3 Å². The first-order chi connectivity index (χ1) is 13.7. The molecule has 0 aliphatic carbocycles. The number of carbonyl (C=O) groups excluding carboxylic acids is 1. The molecular weight excluding hydrogens is 376 g/mol. The van der Waals surface area contributed by atoms with Crippen molar-refractivity contribution in [2.75, 3.05) is 32.3 Å². The molecule has 1 atom stereocenters. The summed E-state index contributed by atoms with van der Waals surface area (Å²) in [4.78, 5) is 19.8. The fraction of sp³-hybridized carbons (Fsp3) is 0.333. The standard InChI is InChI=1S/C21H22N2O4S/c1-25-17-10-9-14(12-18(17)26-2)20(24)23(13-15-6-5-11-27-15)21-22-16-7-3-4-8-19(16)28-21/h3-4,7-10,12,15H,5-6,11,13H2,1-2H3. The van der Waals surface area contributed by atoms with Crippen molar-refractivity contribution in [2.45, 2.75) is 18.9 Å². The van der Waals surface area contributed by atoms with Crippen LogP contribution in [0.25, 0.3) is 10.2 Å². The van der Waals surface area contributed by atoms with Gasteiger partial charge in [-0.15, -0.1) is 0 Å². The summed E-state index contributed by atoms with van der Waals surface area (Å²) in [6.07, 6.45) is 1.99. The van der Waals surface area contributed by atoms with Gasteiger partial charge in [-0.1, -0.05) is 23.5 Å². The molecule has 1 aromatic heterocycles. The quantitative estimate of drug-likeness (QED) is 0.625. The third-order valence-corrected chi connectivity index (χ3v) is 5.86. The van der Waals surface area contributed by atoms with Crippen molar-refractivity contribution in [3.63, 3.8) is 0 Å². The number of para-hydroxylation sites is 1. The highest BCUT2D eigenvalue weighted by molar-refractivity contribution is 7.22.